The molecule has 2 N–H and O–H groups in total. The Morgan fingerprint density at radius 1 is 1.47 bits per heavy atom. The Labute approximate surface area is 110 Å². The number of methoxy groups -OCH3 is 1. The Kier molecular flexibility index (Phi) is 5.29. The molecule has 0 aliphatic heterocycles. The van der Waals surface area contributed by atoms with E-state index in [2.05, 4.69) is 5.32 Å². The van der Waals surface area contributed by atoms with E-state index >= 15 is 0 Å². The van der Waals surface area contributed by atoms with Crippen LogP contribution in [0.5, 0.6) is 5.75 Å². The molecule has 1 aromatic carbocycles. The van der Waals surface area contributed by atoms with E-state index < -0.39 is 23.7 Å². The van der Waals surface area contributed by atoms with Gasteiger partial charge in [-0.1, -0.05) is 13.3 Å². The number of ether oxygens (including phenoxy) is 1. The lowest BCUT2D eigenvalue weighted by Gasteiger charge is -2.14. The molecule has 0 fully saturated rings. The van der Waals surface area contributed by atoms with Crippen molar-refractivity contribution in [1.29, 1.82) is 0 Å². The van der Waals surface area contributed by atoms with Crippen molar-refractivity contribution < 1.29 is 23.8 Å². The van der Waals surface area contributed by atoms with Gasteiger partial charge in [-0.2, -0.15) is 0 Å². The zero-order valence-corrected chi connectivity index (χ0v) is 10.8. The first-order valence-corrected chi connectivity index (χ1v) is 5.86. The van der Waals surface area contributed by atoms with Gasteiger partial charge in [0.15, 0.2) is 0 Å². The Hall–Kier alpha value is -2.11. The number of hydrogen-bond donors (Lipinski definition) is 2. The fraction of sp³-hybridized carbons (Fsp3) is 0.385. The third-order valence-electron chi connectivity index (χ3n) is 2.60. The van der Waals surface area contributed by atoms with E-state index in [0.29, 0.717) is 12.8 Å². The lowest BCUT2D eigenvalue weighted by atomic mass is 10.1. The summed E-state index contributed by atoms with van der Waals surface area (Å²) in [4.78, 5) is 22.7. The second kappa shape index (κ2) is 6.72. The molecule has 1 unspecified atom stereocenters. The molecule has 1 rings (SSSR count). The molecular weight excluding hydrogens is 253 g/mol. The summed E-state index contributed by atoms with van der Waals surface area (Å²) < 4.78 is 18.5. The van der Waals surface area contributed by atoms with Crippen LogP contribution in [0.4, 0.5) is 4.39 Å². The van der Waals surface area contributed by atoms with Crippen molar-refractivity contribution in [3.05, 3.63) is 29.6 Å². The van der Waals surface area contributed by atoms with Crippen molar-refractivity contribution in [1.82, 2.24) is 5.32 Å². The van der Waals surface area contributed by atoms with Crippen molar-refractivity contribution in [3.63, 3.8) is 0 Å². The predicted octanol–water partition coefficient (Wildman–Crippen LogP) is 1.82. The number of halogens is 1. The molecule has 19 heavy (non-hydrogen) atoms. The second-order valence-electron chi connectivity index (χ2n) is 4.00. The monoisotopic (exact) mass is 269 g/mol. The molecule has 0 bridgehead atoms. The first-order valence-electron chi connectivity index (χ1n) is 5.86. The summed E-state index contributed by atoms with van der Waals surface area (Å²) in [5.74, 6) is -2.35. The molecule has 5 nitrogen and oxygen atoms in total. The quantitative estimate of drug-likeness (QED) is 0.826. The van der Waals surface area contributed by atoms with E-state index in [0.717, 1.165) is 6.07 Å². The van der Waals surface area contributed by atoms with Gasteiger partial charge in [-0.3, -0.25) is 4.79 Å². The van der Waals surface area contributed by atoms with Gasteiger partial charge in [-0.25, -0.2) is 9.18 Å². The van der Waals surface area contributed by atoms with Gasteiger partial charge in [-0.15, -0.1) is 0 Å². The molecule has 0 heterocycles. The van der Waals surface area contributed by atoms with Gasteiger partial charge in [0, 0.05) is 6.07 Å². The zero-order chi connectivity index (χ0) is 14.4. The second-order valence-corrected chi connectivity index (χ2v) is 4.00. The number of rotatable bonds is 6. The van der Waals surface area contributed by atoms with E-state index in [1.165, 1.54) is 19.2 Å². The molecule has 104 valence electrons. The molecular formula is C13H16FNO4. The number of aliphatic carboxylic acids is 1. The van der Waals surface area contributed by atoms with Crippen molar-refractivity contribution in [3.8, 4) is 5.75 Å². The highest BCUT2D eigenvalue weighted by molar-refractivity contribution is 5.96. The predicted molar refractivity (Wildman–Crippen MR) is 66.8 cm³/mol. The molecule has 0 aliphatic rings. The maximum atomic E-state index is 13.6. The molecule has 6 heteroatoms. The summed E-state index contributed by atoms with van der Waals surface area (Å²) in [5.41, 5.74) is -0.205. The summed E-state index contributed by atoms with van der Waals surface area (Å²) in [6.45, 7) is 1.80. The van der Waals surface area contributed by atoms with Crippen molar-refractivity contribution in [2.24, 2.45) is 0 Å². The van der Waals surface area contributed by atoms with Crippen LogP contribution in [0.3, 0.4) is 0 Å². The Morgan fingerprint density at radius 3 is 2.63 bits per heavy atom. The summed E-state index contributed by atoms with van der Waals surface area (Å²) in [7, 11) is 1.39. The average molecular weight is 269 g/mol. The van der Waals surface area contributed by atoms with Gasteiger partial charge in [0.25, 0.3) is 5.91 Å². The Bertz CT molecular complexity index is 476. The molecule has 1 atom stereocenters. The maximum absolute atomic E-state index is 13.6. The number of carboxylic acids is 1. The first kappa shape index (κ1) is 14.9. The van der Waals surface area contributed by atoms with E-state index in [-0.39, 0.29) is 11.3 Å². The minimum Gasteiger partial charge on any atom is -0.497 e. The Morgan fingerprint density at radius 2 is 2.16 bits per heavy atom. The van der Waals surface area contributed by atoms with Crippen LogP contribution in [-0.4, -0.2) is 30.1 Å². The molecule has 0 spiro atoms. The van der Waals surface area contributed by atoms with Gasteiger partial charge in [-0.05, 0) is 18.6 Å². The summed E-state index contributed by atoms with van der Waals surface area (Å²) in [6.07, 6.45) is 0.890. The molecule has 1 amide bonds. The van der Waals surface area contributed by atoms with Crippen LogP contribution < -0.4 is 10.1 Å². The van der Waals surface area contributed by atoms with Gasteiger partial charge in [0.2, 0.25) is 0 Å². The van der Waals surface area contributed by atoms with Gasteiger partial charge in [0.1, 0.15) is 17.6 Å². The van der Waals surface area contributed by atoms with Crippen LogP contribution in [0.15, 0.2) is 18.2 Å². The number of carboxylic acid groups (broad SMARTS) is 1. The topological polar surface area (TPSA) is 75.6 Å². The fourth-order valence-corrected chi connectivity index (χ4v) is 1.59. The molecule has 1 aromatic rings. The molecule has 0 aromatic heterocycles. The number of benzene rings is 1. The summed E-state index contributed by atoms with van der Waals surface area (Å²) >= 11 is 0. The molecule has 0 saturated carbocycles. The van der Waals surface area contributed by atoms with Gasteiger partial charge in [0.05, 0.1) is 12.7 Å². The van der Waals surface area contributed by atoms with Crippen LogP contribution in [0.25, 0.3) is 0 Å². The van der Waals surface area contributed by atoms with Crippen LogP contribution in [0, 0.1) is 5.82 Å². The smallest absolute Gasteiger partial charge is 0.326 e. The highest BCUT2D eigenvalue weighted by atomic mass is 19.1. The van der Waals surface area contributed by atoms with Crippen LogP contribution in [0.2, 0.25) is 0 Å². The number of amides is 1. The largest absolute Gasteiger partial charge is 0.497 e. The first-order chi connectivity index (χ1) is 8.99. The standard InChI is InChI=1S/C13H16FNO4/c1-3-4-11(13(17)18)15-12(16)9-6-5-8(19-2)7-10(9)14/h5-7,11H,3-4H2,1-2H3,(H,15,16)(H,17,18). The van der Waals surface area contributed by atoms with E-state index in [4.69, 9.17) is 9.84 Å². The van der Waals surface area contributed by atoms with Crippen molar-refractivity contribution in [2.45, 2.75) is 25.8 Å². The molecule has 0 saturated heterocycles. The van der Waals surface area contributed by atoms with Crippen LogP contribution in [-0.2, 0) is 4.79 Å². The Balaban J connectivity index is 2.85. The minimum absolute atomic E-state index is 0.205. The highest BCUT2D eigenvalue weighted by Crippen LogP contribution is 2.16. The van der Waals surface area contributed by atoms with Crippen molar-refractivity contribution >= 4 is 11.9 Å². The number of carbonyl (C=O) groups is 2. The molecule has 0 radical (unpaired) electrons. The maximum Gasteiger partial charge on any atom is 0.326 e. The summed E-state index contributed by atoms with van der Waals surface area (Å²) in [6, 6.07) is 2.76. The normalized spacial score (nSPS) is 11.7. The highest BCUT2D eigenvalue weighted by Gasteiger charge is 2.21. The lowest BCUT2D eigenvalue weighted by molar-refractivity contribution is -0.139. The third-order valence-corrected chi connectivity index (χ3v) is 2.60. The third kappa shape index (κ3) is 3.94. The number of carbonyl (C=O) groups excluding carboxylic acids is 1. The number of nitrogens with one attached hydrogen (secondary N) is 1. The fourth-order valence-electron chi connectivity index (χ4n) is 1.59. The summed E-state index contributed by atoms with van der Waals surface area (Å²) in [5, 5.41) is 11.2. The lowest BCUT2D eigenvalue weighted by Crippen LogP contribution is -2.40. The van der Waals surface area contributed by atoms with E-state index in [1.54, 1.807) is 6.92 Å². The zero-order valence-electron chi connectivity index (χ0n) is 10.8. The van der Waals surface area contributed by atoms with E-state index in [9.17, 15) is 14.0 Å². The van der Waals surface area contributed by atoms with Crippen molar-refractivity contribution in [2.75, 3.05) is 7.11 Å². The van der Waals surface area contributed by atoms with Gasteiger partial charge < -0.3 is 15.2 Å². The van der Waals surface area contributed by atoms with Crippen LogP contribution >= 0.6 is 0 Å². The van der Waals surface area contributed by atoms with E-state index in [1.807, 2.05) is 0 Å². The average Bonchev–Trinajstić information content (AvgIpc) is 2.37. The van der Waals surface area contributed by atoms with Crippen LogP contribution in [0.1, 0.15) is 30.1 Å². The number of hydrogen-bond acceptors (Lipinski definition) is 3. The van der Waals surface area contributed by atoms with Gasteiger partial charge >= 0.3 is 5.97 Å². The SMILES string of the molecule is CCCC(NC(=O)c1ccc(OC)cc1F)C(=O)O. The minimum atomic E-state index is -1.14. The molecule has 0 aliphatic carbocycles.